The number of aromatic nitrogens is 2. The zero-order valence-electron chi connectivity index (χ0n) is 11.2. The second-order valence-electron chi connectivity index (χ2n) is 4.98. The van der Waals surface area contributed by atoms with Crippen LogP contribution in [0.4, 0.5) is 11.6 Å². The van der Waals surface area contributed by atoms with Gasteiger partial charge in [-0.05, 0) is 37.7 Å². The molecule has 1 fully saturated rings. The van der Waals surface area contributed by atoms with E-state index in [0.717, 1.165) is 17.3 Å². The van der Waals surface area contributed by atoms with Crippen molar-refractivity contribution in [2.75, 3.05) is 16.8 Å². The highest BCUT2D eigenvalue weighted by atomic mass is 32.2. The first-order chi connectivity index (χ1) is 9.33. The predicted octanol–water partition coefficient (Wildman–Crippen LogP) is 4.00. The van der Waals surface area contributed by atoms with Crippen LogP contribution < -0.4 is 5.32 Å². The Morgan fingerprint density at radius 3 is 2.89 bits per heavy atom. The third kappa shape index (κ3) is 2.95. The Labute approximate surface area is 118 Å². The van der Waals surface area contributed by atoms with Gasteiger partial charge in [-0.1, -0.05) is 18.2 Å². The number of hydrogen-bond donors (Lipinski definition) is 1. The lowest BCUT2D eigenvalue weighted by Crippen LogP contribution is -2.17. The van der Waals surface area contributed by atoms with E-state index in [1.165, 1.54) is 24.3 Å². The van der Waals surface area contributed by atoms with Crippen molar-refractivity contribution in [1.29, 1.82) is 0 Å². The number of nitrogens with zero attached hydrogens (tertiary/aromatic N) is 2. The van der Waals surface area contributed by atoms with Gasteiger partial charge in [0.15, 0.2) is 0 Å². The number of rotatable bonds is 3. The van der Waals surface area contributed by atoms with E-state index in [0.29, 0.717) is 6.04 Å². The van der Waals surface area contributed by atoms with Crippen LogP contribution in [0.15, 0.2) is 36.5 Å². The Morgan fingerprint density at radius 1 is 1.32 bits per heavy atom. The Morgan fingerprint density at radius 2 is 2.16 bits per heavy atom. The van der Waals surface area contributed by atoms with Crippen LogP contribution in [0.3, 0.4) is 0 Å². The van der Waals surface area contributed by atoms with E-state index in [-0.39, 0.29) is 0 Å². The molecule has 0 aliphatic carbocycles. The minimum absolute atomic E-state index is 0.575. The normalized spacial score (nSPS) is 19.3. The molecule has 2 heterocycles. The molecule has 3 nitrogen and oxygen atoms in total. The summed E-state index contributed by atoms with van der Waals surface area (Å²) in [5.74, 6) is 3.46. The van der Waals surface area contributed by atoms with Crippen molar-refractivity contribution in [1.82, 2.24) is 9.55 Å². The summed E-state index contributed by atoms with van der Waals surface area (Å²) in [6.45, 7) is 2.06. The van der Waals surface area contributed by atoms with Gasteiger partial charge in [0.25, 0.3) is 0 Å². The van der Waals surface area contributed by atoms with E-state index in [1.807, 2.05) is 30.0 Å². The first kappa shape index (κ1) is 12.6. The molecule has 1 N–H and O–H groups in total. The Bertz CT molecular complexity index is 530. The van der Waals surface area contributed by atoms with Gasteiger partial charge in [-0.2, -0.15) is 11.8 Å². The standard InChI is InChI=1S/C15H19N3S/c1-12-10-18(14-8-5-9-19-11-14)15(16-12)17-13-6-3-2-4-7-13/h2-4,6-7,10,14H,5,8-9,11H2,1H3,(H,16,17). The molecule has 1 aliphatic heterocycles. The number of nitrogens with one attached hydrogen (secondary N) is 1. The van der Waals surface area contributed by atoms with Crippen molar-refractivity contribution in [3.05, 3.63) is 42.2 Å². The molecule has 2 aromatic rings. The van der Waals surface area contributed by atoms with Gasteiger partial charge < -0.3 is 9.88 Å². The molecule has 0 radical (unpaired) electrons. The maximum Gasteiger partial charge on any atom is 0.207 e. The van der Waals surface area contributed by atoms with E-state index in [4.69, 9.17) is 0 Å². The molecule has 4 heteroatoms. The quantitative estimate of drug-likeness (QED) is 0.916. The molecule has 1 aromatic heterocycles. The van der Waals surface area contributed by atoms with Gasteiger partial charge >= 0.3 is 0 Å². The van der Waals surface area contributed by atoms with E-state index < -0.39 is 0 Å². The maximum absolute atomic E-state index is 4.62. The highest BCUT2D eigenvalue weighted by Gasteiger charge is 2.19. The molecule has 1 aromatic carbocycles. The second kappa shape index (κ2) is 5.70. The largest absolute Gasteiger partial charge is 0.326 e. The Balaban J connectivity index is 1.84. The average Bonchev–Trinajstić information content (AvgIpc) is 2.82. The van der Waals surface area contributed by atoms with E-state index in [2.05, 4.69) is 40.1 Å². The van der Waals surface area contributed by atoms with Crippen molar-refractivity contribution < 1.29 is 0 Å². The monoisotopic (exact) mass is 273 g/mol. The summed E-state index contributed by atoms with van der Waals surface area (Å²) in [6.07, 6.45) is 4.73. The summed E-state index contributed by atoms with van der Waals surface area (Å²) in [7, 11) is 0. The Kier molecular flexibility index (Phi) is 3.78. The summed E-state index contributed by atoms with van der Waals surface area (Å²) in [5.41, 5.74) is 2.17. The van der Waals surface area contributed by atoms with Crippen LogP contribution in [0, 0.1) is 6.92 Å². The molecule has 0 spiro atoms. The molecule has 1 atom stereocenters. The van der Waals surface area contributed by atoms with Crippen LogP contribution in [-0.4, -0.2) is 21.1 Å². The van der Waals surface area contributed by atoms with E-state index in [1.54, 1.807) is 0 Å². The first-order valence-corrected chi connectivity index (χ1v) is 7.94. The first-order valence-electron chi connectivity index (χ1n) is 6.78. The topological polar surface area (TPSA) is 29.9 Å². The van der Waals surface area contributed by atoms with Gasteiger partial charge in [0.1, 0.15) is 0 Å². The molecule has 1 unspecified atom stereocenters. The third-order valence-corrected chi connectivity index (χ3v) is 4.61. The van der Waals surface area contributed by atoms with Crippen LogP contribution in [0.2, 0.25) is 0 Å². The van der Waals surface area contributed by atoms with Gasteiger partial charge in [-0.3, -0.25) is 0 Å². The smallest absolute Gasteiger partial charge is 0.207 e. The number of benzene rings is 1. The minimum atomic E-state index is 0.575. The molecule has 0 saturated carbocycles. The second-order valence-corrected chi connectivity index (χ2v) is 6.12. The zero-order chi connectivity index (χ0) is 13.1. The highest BCUT2D eigenvalue weighted by Crippen LogP contribution is 2.30. The SMILES string of the molecule is Cc1cn(C2CCCSC2)c(Nc2ccccc2)n1. The van der Waals surface area contributed by atoms with Gasteiger partial charge in [0, 0.05) is 23.7 Å². The molecule has 100 valence electrons. The fraction of sp³-hybridized carbons (Fsp3) is 0.400. The highest BCUT2D eigenvalue weighted by molar-refractivity contribution is 7.99. The van der Waals surface area contributed by atoms with Crippen molar-refractivity contribution in [3.8, 4) is 0 Å². The van der Waals surface area contributed by atoms with Crippen LogP contribution in [0.25, 0.3) is 0 Å². The molecule has 0 bridgehead atoms. The molecular weight excluding hydrogens is 254 g/mol. The number of aryl methyl sites for hydroxylation is 1. The fourth-order valence-corrected chi connectivity index (χ4v) is 3.62. The lowest BCUT2D eigenvalue weighted by Gasteiger charge is -2.24. The molecule has 1 saturated heterocycles. The number of hydrogen-bond acceptors (Lipinski definition) is 3. The molecule has 1 aliphatic rings. The Hall–Kier alpha value is -1.42. The summed E-state index contributed by atoms with van der Waals surface area (Å²) in [4.78, 5) is 4.62. The van der Waals surface area contributed by atoms with Crippen molar-refractivity contribution in [2.24, 2.45) is 0 Å². The van der Waals surface area contributed by atoms with Gasteiger partial charge in [0.2, 0.25) is 5.95 Å². The van der Waals surface area contributed by atoms with Crippen LogP contribution >= 0.6 is 11.8 Å². The van der Waals surface area contributed by atoms with Crippen LogP contribution in [0.5, 0.6) is 0 Å². The summed E-state index contributed by atoms with van der Waals surface area (Å²) in [6, 6.07) is 10.8. The zero-order valence-corrected chi connectivity index (χ0v) is 12.0. The molecule has 0 amide bonds. The van der Waals surface area contributed by atoms with Gasteiger partial charge in [0.05, 0.1) is 5.69 Å². The lowest BCUT2D eigenvalue weighted by molar-refractivity contribution is 0.504. The minimum Gasteiger partial charge on any atom is -0.326 e. The van der Waals surface area contributed by atoms with Crippen LogP contribution in [-0.2, 0) is 0 Å². The molecule has 19 heavy (non-hydrogen) atoms. The van der Waals surface area contributed by atoms with Gasteiger partial charge in [-0.25, -0.2) is 4.98 Å². The average molecular weight is 273 g/mol. The number of anilines is 2. The summed E-state index contributed by atoms with van der Waals surface area (Å²) in [5, 5.41) is 3.43. The predicted molar refractivity (Wildman–Crippen MR) is 82.3 cm³/mol. The number of imidazole rings is 1. The van der Waals surface area contributed by atoms with Crippen molar-refractivity contribution in [3.63, 3.8) is 0 Å². The number of para-hydroxylation sites is 1. The fourth-order valence-electron chi connectivity index (χ4n) is 2.48. The summed E-state index contributed by atoms with van der Waals surface area (Å²) >= 11 is 2.05. The molecular formula is C15H19N3S. The van der Waals surface area contributed by atoms with Gasteiger partial charge in [-0.15, -0.1) is 0 Å². The number of thioether (sulfide) groups is 1. The third-order valence-electron chi connectivity index (χ3n) is 3.41. The van der Waals surface area contributed by atoms with Crippen molar-refractivity contribution in [2.45, 2.75) is 25.8 Å². The van der Waals surface area contributed by atoms with E-state index in [9.17, 15) is 0 Å². The van der Waals surface area contributed by atoms with Crippen LogP contribution in [0.1, 0.15) is 24.6 Å². The summed E-state index contributed by atoms with van der Waals surface area (Å²) < 4.78 is 2.31. The van der Waals surface area contributed by atoms with E-state index >= 15 is 0 Å². The molecule has 3 rings (SSSR count). The maximum atomic E-state index is 4.62. The van der Waals surface area contributed by atoms with Crippen molar-refractivity contribution >= 4 is 23.4 Å². The lowest BCUT2D eigenvalue weighted by atomic mass is 10.2.